The number of hydrogen-bond acceptors (Lipinski definition) is 4. The number of carbonyl (C=O) groups is 1. The highest BCUT2D eigenvalue weighted by Gasteiger charge is 2.30. The second-order valence-corrected chi connectivity index (χ2v) is 8.07. The molecule has 160 valence electrons. The van der Waals surface area contributed by atoms with Crippen LogP contribution in [0, 0.1) is 0 Å². The predicted octanol–water partition coefficient (Wildman–Crippen LogP) is 4.42. The standard InChI is InChI=1S/C22H18F3N3O2S/c23-22(24,25)16-5-1-3-14(9-16)10-17-11-15-4-2-6-19(20(15)31-17)28-12-18(27-13-28)21(30)26-7-8-29/h1-6,9,11-13,29H,7-8,10H2,(H,26,30). The van der Waals surface area contributed by atoms with Crippen LogP contribution in [0.1, 0.15) is 26.5 Å². The van der Waals surface area contributed by atoms with E-state index in [9.17, 15) is 18.0 Å². The Morgan fingerprint density at radius 2 is 1.97 bits per heavy atom. The van der Waals surface area contributed by atoms with Gasteiger partial charge in [-0.05, 0) is 29.1 Å². The normalized spacial score (nSPS) is 11.7. The number of rotatable bonds is 6. The van der Waals surface area contributed by atoms with Crippen molar-refractivity contribution in [3.63, 3.8) is 0 Å². The van der Waals surface area contributed by atoms with Gasteiger partial charge in [-0.3, -0.25) is 4.79 Å². The maximum atomic E-state index is 13.0. The van der Waals surface area contributed by atoms with Crippen LogP contribution in [0.2, 0.25) is 0 Å². The van der Waals surface area contributed by atoms with Crippen LogP contribution in [0.15, 0.2) is 61.1 Å². The molecule has 0 radical (unpaired) electrons. The third-order valence-corrected chi connectivity index (χ3v) is 5.87. The number of nitrogens with zero attached hydrogens (tertiary/aromatic N) is 2. The molecule has 1 amide bonds. The third kappa shape index (κ3) is 4.62. The smallest absolute Gasteiger partial charge is 0.395 e. The Bertz CT molecular complexity index is 1230. The van der Waals surface area contributed by atoms with Gasteiger partial charge < -0.3 is 15.0 Å². The SMILES string of the molecule is O=C(NCCO)c1cn(-c2cccc3cc(Cc4cccc(C(F)(F)F)c4)sc23)cn1. The number of alkyl halides is 3. The summed E-state index contributed by atoms with van der Waals surface area (Å²) in [6.07, 6.45) is -0.837. The number of imidazole rings is 1. The molecule has 4 aromatic rings. The Kier molecular flexibility index (Phi) is 5.79. The average molecular weight is 445 g/mol. The molecule has 2 aromatic carbocycles. The first kappa shape index (κ1) is 21.1. The summed E-state index contributed by atoms with van der Waals surface area (Å²) in [6.45, 7) is -0.0132. The zero-order chi connectivity index (χ0) is 22.0. The van der Waals surface area contributed by atoms with Crippen molar-refractivity contribution >= 4 is 27.3 Å². The van der Waals surface area contributed by atoms with Gasteiger partial charge in [0.15, 0.2) is 0 Å². The minimum atomic E-state index is -4.37. The molecular weight excluding hydrogens is 427 g/mol. The fraction of sp³-hybridized carbons (Fsp3) is 0.182. The molecule has 5 nitrogen and oxygen atoms in total. The van der Waals surface area contributed by atoms with Crippen molar-refractivity contribution in [3.8, 4) is 5.69 Å². The summed E-state index contributed by atoms with van der Waals surface area (Å²) in [7, 11) is 0. The van der Waals surface area contributed by atoms with Crippen molar-refractivity contribution in [2.24, 2.45) is 0 Å². The van der Waals surface area contributed by atoms with Crippen LogP contribution in [0.25, 0.3) is 15.8 Å². The van der Waals surface area contributed by atoms with Crippen LogP contribution in [0.5, 0.6) is 0 Å². The zero-order valence-corrected chi connectivity index (χ0v) is 17.0. The lowest BCUT2D eigenvalue weighted by Crippen LogP contribution is -2.26. The van der Waals surface area contributed by atoms with E-state index >= 15 is 0 Å². The van der Waals surface area contributed by atoms with E-state index in [0.717, 1.165) is 26.7 Å². The molecule has 0 atom stereocenters. The second kappa shape index (κ2) is 8.52. The number of carbonyl (C=O) groups excluding carboxylic acids is 1. The summed E-state index contributed by atoms with van der Waals surface area (Å²) in [5.74, 6) is -0.378. The number of nitrogens with one attached hydrogen (secondary N) is 1. The topological polar surface area (TPSA) is 67.2 Å². The van der Waals surface area contributed by atoms with Crippen molar-refractivity contribution < 1.29 is 23.1 Å². The van der Waals surface area contributed by atoms with Crippen molar-refractivity contribution in [1.29, 1.82) is 0 Å². The zero-order valence-electron chi connectivity index (χ0n) is 16.2. The molecule has 0 aliphatic carbocycles. The highest BCUT2D eigenvalue weighted by Crippen LogP contribution is 2.34. The average Bonchev–Trinajstić information content (AvgIpc) is 3.38. The minimum Gasteiger partial charge on any atom is -0.395 e. The van der Waals surface area contributed by atoms with Crippen molar-refractivity contribution in [2.45, 2.75) is 12.6 Å². The van der Waals surface area contributed by atoms with Gasteiger partial charge in [0.1, 0.15) is 12.0 Å². The fourth-order valence-corrected chi connectivity index (χ4v) is 4.49. The number of amides is 1. The van der Waals surface area contributed by atoms with Gasteiger partial charge in [0.25, 0.3) is 5.91 Å². The first-order chi connectivity index (χ1) is 14.8. The quantitative estimate of drug-likeness (QED) is 0.462. The van der Waals surface area contributed by atoms with Gasteiger partial charge in [-0.2, -0.15) is 13.2 Å². The first-order valence-corrected chi connectivity index (χ1v) is 10.3. The molecule has 0 aliphatic rings. The fourth-order valence-electron chi connectivity index (χ4n) is 3.28. The van der Waals surface area contributed by atoms with E-state index < -0.39 is 11.7 Å². The summed E-state index contributed by atoms with van der Waals surface area (Å²) in [6, 6.07) is 13.0. The molecule has 0 bridgehead atoms. The molecule has 0 unspecified atom stereocenters. The molecule has 0 saturated carbocycles. The monoisotopic (exact) mass is 445 g/mol. The highest BCUT2D eigenvalue weighted by atomic mass is 32.1. The molecule has 2 heterocycles. The Morgan fingerprint density at radius 3 is 2.74 bits per heavy atom. The number of halogens is 3. The Balaban J connectivity index is 1.63. The molecule has 0 fully saturated rings. The van der Waals surface area contributed by atoms with Gasteiger partial charge in [0, 0.05) is 24.0 Å². The van der Waals surface area contributed by atoms with Gasteiger partial charge >= 0.3 is 6.18 Å². The summed E-state index contributed by atoms with van der Waals surface area (Å²) in [5, 5.41) is 12.3. The van der Waals surface area contributed by atoms with E-state index in [-0.39, 0.29) is 24.8 Å². The molecule has 9 heteroatoms. The number of fused-ring (bicyclic) bond motifs is 1. The number of hydrogen-bond donors (Lipinski definition) is 2. The minimum absolute atomic E-state index is 0.144. The van der Waals surface area contributed by atoms with Gasteiger partial charge in [-0.25, -0.2) is 4.98 Å². The number of aliphatic hydroxyl groups is 1. The van der Waals surface area contributed by atoms with Gasteiger partial charge in [0.05, 0.1) is 22.6 Å². The molecule has 0 saturated heterocycles. The van der Waals surface area contributed by atoms with Crippen molar-refractivity contribution in [3.05, 3.63) is 82.8 Å². The Hall–Kier alpha value is -3.17. The lowest BCUT2D eigenvalue weighted by atomic mass is 10.1. The molecule has 31 heavy (non-hydrogen) atoms. The lowest BCUT2D eigenvalue weighted by Gasteiger charge is -2.08. The predicted molar refractivity (Wildman–Crippen MR) is 113 cm³/mol. The van der Waals surface area contributed by atoms with Crippen molar-refractivity contribution in [2.75, 3.05) is 13.2 Å². The highest BCUT2D eigenvalue weighted by molar-refractivity contribution is 7.19. The van der Waals surface area contributed by atoms with E-state index in [1.54, 1.807) is 16.8 Å². The molecule has 4 rings (SSSR count). The van der Waals surface area contributed by atoms with E-state index in [1.165, 1.54) is 29.8 Å². The summed E-state index contributed by atoms with van der Waals surface area (Å²) < 4.78 is 41.7. The van der Waals surface area contributed by atoms with E-state index in [2.05, 4.69) is 10.3 Å². The van der Waals surface area contributed by atoms with E-state index in [4.69, 9.17) is 5.11 Å². The third-order valence-electron chi connectivity index (χ3n) is 4.70. The number of thiophene rings is 1. The summed E-state index contributed by atoms with van der Waals surface area (Å²) in [5.41, 5.74) is 0.989. The maximum absolute atomic E-state index is 13.0. The van der Waals surface area contributed by atoms with Gasteiger partial charge in [0.2, 0.25) is 0 Å². The van der Waals surface area contributed by atoms with Crippen LogP contribution in [0.3, 0.4) is 0 Å². The van der Waals surface area contributed by atoms with Crippen LogP contribution < -0.4 is 5.32 Å². The van der Waals surface area contributed by atoms with Crippen LogP contribution in [-0.2, 0) is 12.6 Å². The van der Waals surface area contributed by atoms with Gasteiger partial charge in [-0.1, -0.05) is 30.3 Å². The first-order valence-electron chi connectivity index (χ1n) is 9.46. The summed E-state index contributed by atoms with van der Waals surface area (Å²) in [4.78, 5) is 17.1. The lowest BCUT2D eigenvalue weighted by molar-refractivity contribution is -0.137. The molecule has 0 spiro atoms. The van der Waals surface area contributed by atoms with Crippen LogP contribution >= 0.6 is 11.3 Å². The molecule has 2 aromatic heterocycles. The maximum Gasteiger partial charge on any atom is 0.416 e. The molecule has 2 N–H and O–H groups in total. The van der Waals surface area contributed by atoms with Gasteiger partial charge in [-0.15, -0.1) is 11.3 Å². The Morgan fingerprint density at radius 1 is 1.16 bits per heavy atom. The second-order valence-electron chi connectivity index (χ2n) is 6.93. The number of benzene rings is 2. The summed E-state index contributed by atoms with van der Waals surface area (Å²) >= 11 is 1.49. The van der Waals surface area contributed by atoms with E-state index in [0.29, 0.717) is 12.0 Å². The van der Waals surface area contributed by atoms with Crippen molar-refractivity contribution in [1.82, 2.24) is 14.9 Å². The van der Waals surface area contributed by atoms with Crippen LogP contribution in [0.4, 0.5) is 13.2 Å². The van der Waals surface area contributed by atoms with Crippen LogP contribution in [-0.4, -0.2) is 33.7 Å². The largest absolute Gasteiger partial charge is 0.416 e. The Labute approximate surface area is 179 Å². The molecule has 0 aliphatic heterocycles. The number of aliphatic hydroxyl groups excluding tert-OH is 1. The van der Waals surface area contributed by atoms with E-state index in [1.807, 2.05) is 24.3 Å². The molecular formula is C22H18F3N3O2S. The number of aromatic nitrogens is 2.